The molecule has 1 amide bonds. The Morgan fingerprint density at radius 3 is 2.91 bits per heavy atom. The molecule has 4 aliphatic rings. The highest BCUT2D eigenvalue weighted by atomic mass is 16.5. The standard InChI is InChI=1S/C27H28N2O6/c1-3-12-29-13-11-26-21-17-5-6-19(30)23(21)35-25(26)18(8-10-27(26,33)24(29)22(17)32)28(2)20(31)7-4-16-9-14-34-15-16/h3-7,9,14-15,18,24-25,30,33H,1,8,10-13H2,2H3/b7-4+/t18-,24-,25+,26+,27-/m1/s1. The second kappa shape index (κ2) is 7.57. The fourth-order valence-electron chi connectivity index (χ4n) is 7.04. The van der Waals surface area contributed by atoms with Crippen molar-refractivity contribution in [2.75, 3.05) is 20.1 Å². The first-order valence-corrected chi connectivity index (χ1v) is 11.9. The van der Waals surface area contributed by atoms with Crippen molar-refractivity contribution in [2.45, 2.75) is 48.5 Å². The van der Waals surface area contributed by atoms with E-state index in [1.807, 2.05) is 4.90 Å². The van der Waals surface area contributed by atoms with Crippen LogP contribution in [0.1, 0.15) is 40.7 Å². The molecule has 2 aliphatic carbocycles. The summed E-state index contributed by atoms with van der Waals surface area (Å²) >= 11 is 0. The molecule has 8 nitrogen and oxygen atoms in total. The maximum absolute atomic E-state index is 13.7. The number of piperidine rings is 1. The summed E-state index contributed by atoms with van der Waals surface area (Å²) in [6.45, 7) is 4.89. The number of furan rings is 1. The van der Waals surface area contributed by atoms with Gasteiger partial charge in [0, 0.05) is 42.9 Å². The van der Waals surface area contributed by atoms with Gasteiger partial charge >= 0.3 is 0 Å². The van der Waals surface area contributed by atoms with E-state index >= 15 is 0 Å². The van der Waals surface area contributed by atoms with Crippen LogP contribution in [-0.2, 0) is 10.2 Å². The van der Waals surface area contributed by atoms with Gasteiger partial charge in [0.05, 0.1) is 24.0 Å². The summed E-state index contributed by atoms with van der Waals surface area (Å²) < 4.78 is 11.5. The van der Waals surface area contributed by atoms with Gasteiger partial charge in [-0.1, -0.05) is 6.08 Å². The molecule has 8 heteroatoms. The Labute approximate surface area is 203 Å². The molecule has 2 fully saturated rings. The van der Waals surface area contributed by atoms with E-state index in [2.05, 4.69) is 6.58 Å². The predicted molar refractivity (Wildman–Crippen MR) is 127 cm³/mol. The van der Waals surface area contributed by atoms with Crippen molar-refractivity contribution in [1.29, 1.82) is 0 Å². The quantitative estimate of drug-likeness (QED) is 0.505. The molecule has 5 atom stereocenters. The Kier molecular flexibility index (Phi) is 4.78. The molecule has 35 heavy (non-hydrogen) atoms. The third kappa shape index (κ3) is 2.75. The molecule has 1 saturated heterocycles. The molecule has 2 aliphatic heterocycles. The van der Waals surface area contributed by atoms with Crippen molar-refractivity contribution < 1.29 is 29.0 Å². The molecule has 1 saturated carbocycles. The van der Waals surface area contributed by atoms with Gasteiger partial charge in [-0.25, -0.2) is 0 Å². The van der Waals surface area contributed by atoms with Crippen LogP contribution in [0.3, 0.4) is 0 Å². The van der Waals surface area contributed by atoms with E-state index in [1.165, 1.54) is 12.1 Å². The molecule has 0 unspecified atom stereocenters. The number of likely N-dealkylation sites (tertiary alicyclic amines) is 1. The molecule has 2 aromatic rings. The number of ether oxygens (including phenoxy) is 1. The van der Waals surface area contributed by atoms with E-state index in [4.69, 9.17) is 9.15 Å². The highest BCUT2D eigenvalue weighted by molar-refractivity contribution is 6.06. The monoisotopic (exact) mass is 476 g/mol. The normalized spacial score (nSPS) is 32.9. The summed E-state index contributed by atoms with van der Waals surface area (Å²) in [7, 11) is 1.74. The van der Waals surface area contributed by atoms with E-state index in [-0.39, 0.29) is 29.2 Å². The first-order chi connectivity index (χ1) is 16.8. The van der Waals surface area contributed by atoms with Crippen molar-refractivity contribution in [2.24, 2.45) is 0 Å². The largest absolute Gasteiger partial charge is 0.504 e. The Hall–Kier alpha value is -3.36. The average molecular weight is 477 g/mol. The third-order valence-electron chi connectivity index (χ3n) is 8.55. The van der Waals surface area contributed by atoms with Crippen molar-refractivity contribution in [1.82, 2.24) is 9.80 Å². The zero-order chi connectivity index (χ0) is 24.5. The third-order valence-corrected chi connectivity index (χ3v) is 8.55. The minimum atomic E-state index is -1.38. The number of phenolic OH excluding ortho intramolecular Hbond substituents is 1. The first kappa shape index (κ1) is 22.1. The Balaban J connectivity index is 1.44. The molecular formula is C27H28N2O6. The van der Waals surface area contributed by atoms with Crippen LogP contribution in [0.15, 0.2) is 53.9 Å². The number of ketones is 1. The molecular weight excluding hydrogens is 448 g/mol. The van der Waals surface area contributed by atoms with Crippen LogP contribution in [0.4, 0.5) is 0 Å². The number of likely N-dealkylation sites (N-methyl/N-ethyl adjacent to an activating group) is 1. The number of nitrogens with zero attached hydrogens (tertiary/aromatic N) is 2. The van der Waals surface area contributed by atoms with Crippen molar-refractivity contribution in [3.05, 3.63) is 66.1 Å². The number of aromatic hydroxyl groups is 1. The number of carbonyl (C=O) groups is 2. The van der Waals surface area contributed by atoms with Gasteiger partial charge < -0.3 is 24.3 Å². The van der Waals surface area contributed by atoms with Gasteiger partial charge in [-0.15, -0.1) is 6.58 Å². The zero-order valence-electron chi connectivity index (χ0n) is 19.5. The first-order valence-electron chi connectivity index (χ1n) is 11.9. The zero-order valence-corrected chi connectivity index (χ0v) is 19.5. The smallest absolute Gasteiger partial charge is 0.246 e. The number of phenols is 1. The van der Waals surface area contributed by atoms with E-state index in [0.29, 0.717) is 43.5 Å². The number of aliphatic hydroxyl groups is 1. The Bertz CT molecular complexity index is 1250. The van der Waals surface area contributed by atoms with Crippen LogP contribution in [0.5, 0.6) is 11.5 Å². The number of hydrogen-bond donors (Lipinski definition) is 2. The van der Waals surface area contributed by atoms with Gasteiger partial charge in [0.2, 0.25) is 5.91 Å². The number of Topliss-reactive ketones (excluding diaryl/α,β-unsaturated/α-hetero) is 1. The minimum absolute atomic E-state index is 0.0535. The average Bonchev–Trinajstić information content (AvgIpc) is 3.48. The van der Waals surface area contributed by atoms with Crippen LogP contribution < -0.4 is 4.74 Å². The summed E-state index contributed by atoms with van der Waals surface area (Å²) in [5.74, 6) is -0.149. The fourth-order valence-corrected chi connectivity index (χ4v) is 7.04. The molecule has 6 rings (SSSR count). The number of amides is 1. The van der Waals surface area contributed by atoms with Gasteiger partial charge in [0.25, 0.3) is 0 Å². The Morgan fingerprint density at radius 2 is 2.17 bits per heavy atom. The molecule has 3 heterocycles. The number of hydrogen-bond acceptors (Lipinski definition) is 7. The van der Waals surface area contributed by atoms with E-state index in [0.717, 1.165) is 5.56 Å². The topological polar surface area (TPSA) is 103 Å². The second-order valence-corrected chi connectivity index (χ2v) is 10.0. The van der Waals surface area contributed by atoms with Gasteiger partial charge in [-0.05, 0) is 43.5 Å². The highest BCUT2D eigenvalue weighted by Gasteiger charge is 2.75. The molecule has 1 spiro atoms. The number of rotatable bonds is 5. The van der Waals surface area contributed by atoms with Gasteiger partial charge in [-0.2, -0.15) is 0 Å². The van der Waals surface area contributed by atoms with Crippen molar-refractivity contribution in [3.8, 4) is 11.5 Å². The molecule has 0 radical (unpaired) electrons. The summed E-state index contributed by atoms with van der Waals surface area (Å²) in [5.41, 5.74) is -0.416. The lowest BCUT2D eigenvalue weighted by molar-refractivity contribution is -0.186. The second-order valence-electron chi connectivity index (χ2n) is 10.0. The molecule has 1 aromatic carbocycles. The van der Waals surface area contributed by atoms with E-state index in [1.54, 1.807) is 48.8 Å². The van der Waals surface area contributed by atoms with Crippen LogP contribution in [-0.4, -0.2) is 75.6 Å². The summed E-state index contributed by atoms with van der Waals surface area (Å²) in [5, 5.41) is 23.0. The van der Waals surface area contributed by atoms with Crippen molar-refractivity contribution in [3.63, 3.8) is 0 Å². The van der Waals surface area contributed by atoms with E-state index in [9.17, 15) is 19.8 Å². The fraction of sp³-hybridized carbons (Fsp3) is 0.407. The maximum atomic E-state index is 13.7. The molecule has 1 aromatic heterocycles. The van der Waals surface area contributed by atoms with Crippen LogP contribution >= 0.6 is 0 Å². The van der Waals surface area contributed by atoms with Gasteiger partial charge in [0.15, 0.2) is 17.3 Å². The number of carbonyl (C=O) groups excluding carboxylic acids is 2. The lowest BCUT2D eigenvalue weighted by atomic mass is 9.48. The van der Waals surface area contributed by atoms with Crippen LogP contribution in [0.2, 0.25) is 0 Å². The molecule has 182 valence electrons. The summed E-state index contributed by atoms with van der Waals surface area (Å²) in [4.78, 5) is 30.5. The molecule has 2 bridgehead atoms. The minimum Gasteiger partial charge on any atom is -0.504 e. The molecule has 2 N–H and O–H groups in total. The lowest BCUT2D eigenvalue weighted by Gasteiger charge is -2.63. The van der Waals surface area contributed by atoms with Crippen LogP contribution in [0.25, 0.3) is 6.08 Å². The maximum Gasteiger partial charge on any atom is 0.246 e. The van der Waals surface area contributed by atoms with Gasteiger partial charge in [-0.3, -0.25) is 14.5 Å². The SMILES string of the molecule is C=CCN1CC[C@]23c4c5ccc(O)c4O[C@H]2[C@H](N(C)C(=O)/C=C/c2ccoc2)CC[C@@]3(O)[C@H]1C5=O. The van der Waals surface area contributed by atoms with Crippen molar-refractivity contribution >= 4 is 17.8 Å². The van der Waals surface area contributed by atoms with Crippen LogP contribution in [0, 0.1) is 0 Å². The summed E-state index contributed by atoms with van der Waals surface area (Å²) in [6, 6.07) is 3.80. The van der Waals surface area contributed by atoms with E-state index < -0.39 is 23.2 Å². The number of benzene rings is 1. The van der Waals surface area contributed by atoms with Gasteiger partial charge in [0.1, 0.15) is 17.7 Å². The highest BCUT2D eigenvalue weighted by Crippen LogP contribution is 2.65. The Morgan fingerprint density at radius 1 is 1.34 bits per heavy atom. The predicted octanol–water partition coefficient (Wildman–Crippen LogP) is 2.51. The summed E-state index contributed by atoms with van der Waals surface area (Å²) in [6.07, 6.45) is 8.77. The lowest BCUT2D eigenvalue weighted by Crippen LogP contribution is -2.79.